The summed E-state index contributed by atoms with van der Waals surface area (Å²) in [6.45, 7) is 2.02. The van der Waals surface area contributed by atoms with Crippen molar-refractivity contribution < 1.29 is 9.18 Å². The van der Waals surface area contributed by atoms with Gasteiger partial charge in [0.2, 0.25) is 0 Å². The monoisotopic (exact) mass is 362 g/mol. The Morgan fingerprint density at radius 1 is 1.07 bits per heavy atom. The summed E-state index contributed by atoms with van der Waals surface area (Å²) in [5.41, 5.74) is 3.50. The van der Waals surface area contributed by atoms with E-state index in [1.165, 1.54) is 17.7 Å². The Hall–Kier alpha value is -3.01. The largest absolute Gasteiger partial charge is 0.350 e. The quantitative estimate of drug-likeness (QED) is 0.640. The first-order chi connectivity index (χ1) is 13.1. The molecule has 1 N–H and O–H groups in total. The Bertz CT molecular complexity index is 878. The summed E-state index contributed by atoms with van der Waals surface area (Å²) in [7, 11) is 0. The topological polar surface area (TPSA) is 42.0 Å². The van der Waals surface area contributed by atoms with Crippen molar-refractivity contribution in [3.05, 3.63) is 90.0 Å². The van der Waals surface area contributed by atoms with Crippen LogP contribution in [0.4, 0.5) is 4.39 Å². The van der Waals surface area contributed by atoms with E-state index in [9.17, 15) is 9.18 Å². The van der Waals surface area contributed by atoms with E-state index in [2.05, 4.69) is 16.4 Å². The first-order valence-electron chi connectivity index (χ1n) is 9.17. The number of aromatic nitrogens is 1. The van der Waals surface area contributed by atoms with Gasteiger partial charge >= 0.3 is 0 Å². The van der Waals surface area contributed by atoms with Gasteiger partial charge in [0, 0.05) is 24.0 Å². The maximum absolute atomic E-state index is 13.3. The fourth-order valence-corrected chi connectivity index (χ4v) is 3.02. The molecule has 0 fully saturated rings. The molecule has 3 rings (SSSR count). The van der Waals surface area contributed by atoms with Crippen LogP contribution in [-0.4, -0.2) is 16.9 Å². The van der Waals surface area contributed by atoms with E-state index < -0.39 is 0 Å². The molecular formula is C23H23FN2O. The number of carbonyl (C=O) groups is 1. The number of aryl methyl sites for hydroxylation is 1. The van der Waals surface area contributed by atoms with Crippen LogP contribution in [0.15, 0.2) is 73.1 Å². The number of halogens is 1. The predicted octanol–water partition coefficient (Wildman–Crippen LogP) is 5.03. The molecule has 1 aromatic heterocycles. The van der Waals surface area contributed by atoms with Gasteiger partial charge in [-0.25, -0.2) is 4.39 Å². The first kappa shape index (κ1) is 18.8. The molecule has 1 heterocycles. The smallest absolute Gasteiger partial charge is 0.251 e. The zero-order valence-corrected chi connectivity index (χ0v) is 15.4. The fourth-order valence-electron chi connectivity index (χ4n) is 3.02. The number of pyridine rings is 1. The van der Waals surface area contributed by atoms with Gasteiger partial charge in [0.1, 0.15) is 5.82 Å². The third-order valence-electron chi connectivity index (χ3n) is 4.51. The Labute approximate surface area is 159 Å². The number of carbonyl (C=O) groups excluding carboxylic acids is 1. The van der Waals surface area contributed by atoms with Crippen molar-refractivity contribution in [2.75, 3.05) is 0 Å². The van der Waals surface area contributed by atoms with Crippen LogP contribution in [-0.2, 0) is 6.42 Å². The molecule has 0 aliphatic heterocycles. The van der Waals surface area contributed by atoms with Gasteiger partial charge in [-0.05, 0) is 73.2 Å². The molecule has 0 bridgehead atoms. The minimum Gasteiger partial charge on any atom is -0.350 e. The molecule has 138 valence electrons. The third-order valence-corrected chi connectivity index (χ3v) is 4.51. The van der Waals surface area contributed by atoms with Crippen LogP contribution in [0.5, 0.6) is 0 Å². The summed E-state index contributed by atoms with van der Waals surface area (Å²) in [4.78, 5) is 16.5. The van der Waals surface area contributed by atoms with Gasteiger partial charge in [-0.3, -0.25) is 9.78 Å². The average Bonchev–Trinajstić information content (AvgIpc) is 2.69. The van der Waals surface area contributed by atoms with Gasteiger partial charge in [0.15, 0.2) is 0 Å². The van der Waals surface area contributed by atoms with Crippen LogP contribution >= 0.6 is 0 Å². The third kappa shape index (κ3) is 5.48. The molecule has 1 amide bonds. The number of rotatable bonds is 7. The summed E-state index contributed by atoms with van der Waals surface area (Å²) >= 11 is 0. The van der Waals surface area contributed by atoms with Gasteiger partial charge in [-0.15, -0.1) is 0 Å². The number of hydrogen-bond donors (Lipinski definition) is 1. The highest BCUT2D eigenvalue weighted by molar-refractivity contribution is 5.94. The predicted molar refractivity (Wildman–Crippen MR) is 106 cm³/mol. The lowest BCUT2D eigenvalue weighted by Crippen LogP contribution is -2.32. The lowest BCUT2D eigenvalue weighted by atomic mass is 10.0. The maximum atomic E-state index is 13.3. The first-order valence-corrected chi connectivity index (χ1v) is 9.17. The van der Waals surface area contributed by atoms with Crippen LogP contribution in [0, 0.1) is 5.82 Å². The summed E-state index contributed by atoms with van der Waals surface area (Å²) in [6.07, 6.45) is 6.50. The molecule has 0 radical (unpaired) electrons. The number of nitrogens with zero attached hydrogens (tertiary/aromatic N) is 1. The van der Waals surface area contributed by atoms with Crippen LogP contribution in [0.2, 0.25) is 0 Å². The Balaban J connectivity index is 1.51. The molecule has 1 atom stereocenters. The van der Waals surface area contributed by atoms with Crippen LogP contribution in [0.1, 0.15) is 35.7 Å². The van der Waals surface area contributed by atoms with Crippen molar-refractivity contribution in [2.24, 2.45) is 0 Å². The zero-order chi connectivity index (χ0) is 19.1. The highest BCUT2D eigenvalue weighted by Crippen LogP contribution is 2.20. The summed E-state index contributed by atoms with van der Waals surface area (Å²) in [5, 5.41) is 3.04. The SMILES string of the molecule is CC(CCCc1cccnc1)NC(=O)c1ccc(-c2cccc(F)c2)cc1. The average molecular weight is 362 g/mol. The molecule has 3 aromatic rings. The number of hydrogen-bond acceptors (Lipinski definition) is 2. The number of benzene rings is 2. The second kappa shape index (κ2) is 9.08. The lowest BCUT2D eigenvalue weighted by Gasteiger charge is -2.14. The van der Waals surface area contributed by atoms with Crippen molar-refractivity contribution in [3.63, 3.8) is 0 Å². The van der Waals surface area contributed by atoms with E-state index >= 15 is 0 Å². The van der Waals surface area contributed by atoms with Crippen molar-refractivity contribution in [1.29, 1.82) is 0 Å². The van der Waals surface area contributed by atoms with E-state index in [1.807, 2.05) is 37.4 Å². The second-order valence-electron chi connectivity index (χ2n) is 6.72. The molecule has 0 spiro atoms. The van der Waals surface area contributed by atoms with Crippen molar-refractivity contribution >= 4 is 5.91 Å². The molecule has 27 heavy (non-hydrogen) atoms. The van der Waals surface area contributed by atoms with E-state index in [0.29, 0.717) is 5.56 Å². The molecule has 0 aliphatic carbocycles. The van der Waals surface area contributed by atoms with E-state index in [-0.39, 0.29) is 17.8 Å². The summed E-state index contributed by atoms with van der Waals surface area (Å²) < 4.78 is 13.3. The molecular weight excluding hydrogens is 339 g/mol. The highest BCUT2D eigenvalue weighted by Gasteiger charge is 2.10. The molecule has 3 nitrogen and oxygen atoms in total. The Kier molecular flexibility index (Phi) is 6.31. The fraction of sp³-hybridized carbons (Fsp3) is 0.217. The molecule has 2 aromatic carbocycles. The molecule has 0 aliphatic rings. The second-order valence-corrected chi connectivity index (χ2v) is 6.72. The van der Waals surface area contributed by atoms with Crippen molar-refractivity contribution in [3.8, 4) is 11.1 Å². The van der Waals surface area contributed by atoms with Gasteiger partial charge < -0.3 is 5.32 Å². The summed E-state index contributed by atoms with van der Waals surface area (Å²) in [5.74, 6) is -0.357. The minimum atomic E-state index is -0.269. The van der Waals surface area contributed by atoms with E-state index in [1.54, 1.807) is 24.4 Å². The lowest BCUT2D eigenvalue weighted by molar-refractivity contribution is 0.0938. The normalized spacial score (nSPS) is 11.8. The van der Waals surface area contributed by atoms with Crippen LogP contribution in [0.25, 0.3) is 11.1 Å². The zero-order valence-electron chi connectivity index (χ0n) is 15.4. The Morgan fingerprint density at radius 3 is 2.59 bits per heavy atom. The van der Waals surface area contributed by atoms with Crippen LogP contribution < -0.4 is 5.32 Å². The highest BCUT2D eigenvalue weighted by atomic mass is 19.1. The van der Waals surface area contributed by atoms with Crippen molar-refractivity contribution in [2.45, 2.75) is 32.2 Å². The molecule has 0 saturated heterocycles. The molecule has 0 saturated carbocycles. The standard InChI is InChI=1S/C23H23FN2O/c1-17(5-2-6-18-7-4-14-25-16-18)26-23(27)20-12-10-19(11-13-20)21-8-3-9-22(24)15-21/h3-4,7-17H,2,5-6H2,1H3,(H,26,27). The summed E-state index contributed by atoms with van der Waals surface area (Å²) in [6, 6.07) is 17.8. The molecule has 1 unspecified atom stereocenters. The maximum Gasteiger partial charge on any atom is 0.251 e. The number of amides is 1. The van der Waals surface area contributed by atoms with E-state index in [4.69, 9.17) is 0 Å². The van der Waals surface area contributed by atoms with E-state index in [0.717, 1.165) is 30.4 Å². The molecule has 4 heteroatoms. The van der Waals surface area contributed by atoms with Crippen LogP contribution in [0.3, 0.4) is 0 Å². The Morgan fingerprint density at radius 2 is 1.89 bits per heavy atom. The van der Waals surface area contributed by atoms with Gasteiger partial charge in [-0.2, -0.15) is 0 Å². The minimum absolute atomic E-state index is 0.0883. The van der Waals surface area contributed by atoms with Gasteiger partial charge in [-0.1, -0.05) is 30.3 Å². The van der Waals surface area contributed by atoms with Gasteiger partial charge in [0.25, 0.3) is 5.91 Å². The van der Waals surface area contributed by atoms with Crippen molar-refractivity contribution in [1.82, 2.24) is 10.3 Å². The van der Waals surface area contributed by atoms with Gasteiger partial charge in [0.05, 0.1) is 0 Å². The number of nitrogens with one attached hydrogen (secondary N) is 1.